The number of carbonyl (C=O) groups excluding carboxylic acids is 1. The highest BCUT2D eigenvalue weighted by Gasteiger charge is 2.21. The summed E-state index contributed by atoms with van der Waals surface area (Å²) in [6.45, 7) is 6.16. The molecule has 0 aliphatic carbocycles. The molecule has 184 valence electrons. The van der Waals surface area contributed by atoms with Crippen LogP contribution in [0.3, 0.4) is 0 Å². The first kappa shape index (κ1) is 23.8. The molecule has 36 heavy (non-hydrogen) atoms. The Morgan fingerprint density at radius 1 is 0.889 bits per heavy atom. The third-order valence-corrected chi connectivity index (χ3v) is 6.62. The second-order valence-electron chi connectivity index (χ2n) is 9.07. The van der Waals surface area contributed by atoms with E-state index in [0.29, 0.717) is 23.9 Å². The van der Waals surface area contributed by atoms with Gasteiger partial charge in [-0.05, 0) is 66.9 Å². The lowest BCUT2D eigenvalue weighted by atomic mass is 10.1. The first-order valence-corrected chi connectivity index (χ1v) is 12.3. The summed E-state index contributed by atoms with van der Waals surface area (Å²) >= 11 is 0. The van der Waals surface area contributed by atoms with Gasteiger partial charge in [-0.15, -0.1) is 10.2 Å². The number of aromatic nitrogens is 2. The molecule has 1 fully saturated rings. The van der Waals surface area contributed by atoms with Crippen molar-refractivity contribution in [3.8, 4) is 28.7 Å². The quantitative estimate of drug-likeness (QED) is 0.382. The van der Waals surface area contributed by atoms with Gasteiger partial charge in [-0.25, -0.2) is 0 Å². The third-order valence-electron chi connectivity index (χ3n) is 6.62. The summed E-state index contributed by atoms with van der Waals surface area (Å²) < 4.78 is 11.2. The van der Waals surface area contributed by atoms with Crippen molar-refractivity contribution >= 4 is 5.91 Å². The summed E-state index contributed by atoms with van der Waals surface area (Å²) in [7, 11) is 1.68. The van der Waals surface area contributed by atoms with Crippen LogP contribution in [0.15, 0.2) is 77.2 Å². The van der Waals surface area contributed by atoms with Gasteiger partial charge in [0.15, 0.2) is 0 Å². The monoisotopic (exact) mass is 482 g/mol. The predicted molar refractivity (Wildman–Crippen MR) is 139 cm³/mol. The van der Waals surface area contributed by atoms with Gasteiger partial charge in [0.05, 0.1) is 7.11 Å². The van der Waals surface area contributed by atoms with Crippen molar-refractivity contribution in [1.82, 2.24) is 20.0 Å². The smallest absolute Gasteiger partial charge is 0.253 e. The van der Waals surface area contributed by atoms with Crippen molar-refractivity contribution in [3.05, 3.63) is 89.5 Å². The Bertz CT molecular complexity index is 1320. The summed E-state index contributed by atoms with van der Waals surface area (Å²) in [6.07, 6.45) is 0.948. The van der Waals surface area contributed by atoms with Crippen LogP contribution >= 0.6 is 0 Å². The number of benzene rings is 3. The van der Waals surface area contributed by atoms with Gasteiger partial charge in [0.2, 0.25) is 11.8 Å². The van der Waals surface area contributed by atoms with E-state index in [4.69, 9.17) is 9.15 Å². The van der Waals surface area contributed by atoms with E-state index >= 15 is 0 Å². The molecule has 1 aromatic heterocycles. The molecule has 7 heteroatoms. The van der Waals surface area contributed by atoms with E-state index in [2.05, 4.69) is 27.2 Å². The van der Waals surface area contributed by atoms with Crippen molar-refractivity contribution < 1.29 is 13.9 Å². The Kier molecular flexibility index (Phi) is 7.09. The van der Waals surface area contributed by atoms with Crippen molar-refractivity contribution in [2.75, 3.05) is 33.3 Å². The van der Waals surface area contributed by atoms with Crippen LogP contribution in [0.5, 0.6) is 5.75 Å². The lowest BCUT2D eigenvalue weighted by Crippen LogP contribution is -2.35. The van der Waals surface area contributed by atoms with Gasteiger partial charge >= 0.3 is 0 Å². The van der Waals surface area contributed by atoms with Crippen LogP contribution in [0.2, 0.25) is 0 Å². The van der Waals surface area contributed by atoms with E-state index in [9.17, 15) is 4.79 Å². The minimum atomic E-state index is 0.0546. The maximum absolute atomic E-state index is 13.2. The number of ether oxygens (including phenoxy) is 1. The third kappa shape index (κ3) is 5.31. The molecule has 2 heterocycles. The number of amides is 1. The number of methoxy groups -OCH3 is 1. The van der Waals surface area contributed by atoms with Crippen molar-refractivity contribution in [2.24, 2.45) is 0 Å². The number of carbonyl (C=O) groups is 1. The molecule has 3 aromatic carbocycles. The highest BCUT2D eigenvalue weighted by Crippen LogP contribution is 2.26. The molecule has 0 unspecified atom stereocenters. The number of rotatable bonds is 6. The van der Waals surface area contributed by atoms with Gasteiger partial charge in [0.25, 0.3) is 5.91 Å². The molecule has 1 aliphatic heterocycles. The summed E-state index contributed by atoms with van der Waals surface area (Å²) in [5.74, 6) is 1.85. The predicted octanol–water partition coefficient (Wildman–Crippen LogP) is 5.07. The van der Waals surface area contributed by atoms with Crippen LogP contribution in [0.1, 0.15) is 27.9 Å². The fourth-order valence-electron chi connectivity index (χ4n) is 4.52. The van der Waals surface area contributed by atoms with Gasteiger partial charge in [0, 0.05) is 49.4 Å². The second kappa shape index (κ2) is 10.7. The summed E-state index contributed by atoms with van der Waals surface area (Å²) in [5.41, 5.74) is 4.71. The lowest BCUT2D eigenvalue weighted by molar-refractivity contribution is 0.0761. The average molecular weight is 483 g/mol. The highest BCUT2D eigenvalue weighted by atomic mass is 16.5. The van der Waals surface area contributed by atoms with Crippen LogP contribution < -0.4 is 4.74 Å². The molecule has 0 radical (unpaired) electrons. The zero-order valence-electron chi connectivity index (χ0n) is 20.7. The highest BCUT2D eigenvalue weighted by molar-refractivity contribution is 5.94. The number of nitrogens with zero attached hydrogens (tertiary/aromatic N) is 4. The number of hydrogen-bond donors (Lipinski definition) is 0. The molecule has 4 aromatic rings. The molecular weight excluding hydrogens is 452 g/mol. The van der Waals surface area contributed by atoms with E-state index in [1.807, 2.05) is 72.5 Å². The van der Waals surface area contributed by atoms with Crippen molar-refractivity contribution in [2.45, 2.75) is 19.9 Å². The second-order valence-corrected chi connectivity index (χ2v) is 9.07. The minimum Gasteiger partial charge on any atom is -0.497 e. The number of hydrogen-bond acceptors (Lipinski definition) is 6. The minimum absolute atomic E-state index is 0.0546. The van der Waals surface area contributed by atoms with Crippen LogP contribution in [-0.4, -0.2) is 59.2 Å². The Hall–Kier alpha value is -3.97. The SMILES string of the molecule is COc1ccc(CN2CCCN(C(=O)c3ccc(-c4nnc(-c5ccccc5C)o4)cc3)CC2)cc1. The molecule has 1 saturated heterocycles. The Morgan fingerprint density at radius 2 is 1.64 bits per heavy atom. The van der Waals surface area contributed by atoms with Crippen LogP contribution in [0.4, 0.5) is 0 Å². The Labute approximate surface area is 211 Å². The largest absolute Gasteiger partial charge is 0.497 e. The molecule has 1 amide bonds. The van der Waals surface area contributed by atoms with E-state index in [1.165, 1.54) is 5.56 Å². The molecule has 0 saturated carbocycles. The Balaban J connectivity index is 1.21. The van der Waals surface area contributed by atoms with E-state index in [0.717, 1.165) is 55.0 Å². The van der Waals surface area contributed by atoms with Crippen molar-refractivity contribution in [1.29, 1.82) is 0 Å². The standard InChI is InChI=1S/C29H30N4O3/c1-21-6-3-4-7-26(21)28-31-30-27(36-28)23-10-12-24(13-11-23)29(34)33-17-5-16-32(18-19-33)20-22-8-14-25(35-2)15-9-22/h3-4,6-15H,5,16-20H2,1-2H3. The van der Waals surface area contributed by atoms with Gasteiger partial charge in [-0.1, -0.05) is 30.3 Å². The van der Waals surface area contributed by atoms with Gasteiger partial charge in [0.1, 0.15) is 5.75 Å². The first-order valence-electron chi connectivity index (χ1n) is 12.3. The fourth-order valence-corrected chi connectivity index (χ4v) is 4.52. The van der Waals surface area contributed by atoms with E-state index < -0.39 is 0 Å². The molecule has 7 nitrogen and oxygen atoms in total. The maximum atomic E-state index is 13.2. The molecule has 0 bridgehead atoms. The van der Waals surface area contributed by atoms with Crippen LogP contribution in [-0.2, 0) is 6.54 Å². The number of aryl methyl sites for hydroxylation is 1. The molecule has 5 rings (SSSR count). The maximum Gasteiger partial charge on any atom is 0.253 e. The van der Waals surface area contributed by atoms with E-state index in [1.54, 1.807) is 7.11 Å². The molecule has 0 spiro atoms. The molecule has 1 aliphatic rings. The van der Waals surface area contributed by atoms with Crippen LogP contribution in [0, 0.1) is 6.92 Å². The zero-order chi connectivity index (χ0) is 24.9. The first-order chi connectivity index (χ1) is 17.6. The summed E-state index contributed by atoms with van der Waals surface area (Å²) in [4.78, 5) is 17.6. The van der Waals surface area contributed by atoms with Crippen LogP contribution in [0.25, 0.3) is 22.9 Å². The lowest BCUT2D eigenvalue weighted by Gasteiger charge is -2.22. The Morgan fingerprint density at radius 3 is 2.39 bits per heavy atom. The average Bonchev–Trinajstić information content (AvgIpc) is 3.29. The zero-order valence-corrected chi connectivity index (χ0v) is 20.7. The fraction of sp³-hybridized carbons (Fsp3) is 0.276. The van der Waals surface area contributed by atoms with Gasteiger partial charge in [-0.3, -0.25) is 9.69 Å². The molecular formula is C29H30N4O3. The topological polar surface area (TPSA) is 71.7 Å². The molecule has 0 N–H and O–H groups in total. The van der Waals surface area contributed by atoms with Gasteiger partial charge < -0.3 is 14.1 Å². The normalized spacial score (nSPS) is 14.4. The van der Waals surface area contributed by atoms with E-state index in [-0.39, 0.29) is 5.91 Å². The van der Waals surface area contributed by atoms with Gasteiger partial charge in [-0.2, -0.15) is 0 Å². The molecule has 0 atom stereocenters. The summed E-state index contributed by atoms with van der Waals surface area (Å²) in [6, 6.07) is 23.5. The summed E-state index contributed by atoms with van der Waals surface area (Å²) in [5, 5.41) is 8.42. The van der Waals surface area contributed by atoms with Crippen molar-refractivity contribution in [3.63, 3.8) is 0 Å².